The lowest BCUT2D eigenvalue weighted by molar-refractivity contribution is 0.387. The molecule has 1 N–H and O–H groups in total. The summed E-state index contributed by atoms with van der Waals surface area (Å²) in [7, 11) is -3.37. The molecular weight excluding hydrogens is 324 g/mol. The van der Waals surface area contributed by atoms with Gasteiger partial charge in [0.15, 0.2) is 0 Å². The fraction of sp³-hybridized carbons (Fsp3) is 0.714. The molecule has 2 rings (SSSR count). The summed E-state index contributed by atoms with van der Waals surface area (Å²) in [5, 5.41) is 5.17. The van der Waals surface area contributed by atoms with Crippen LogP contribution in [-0.4, -0.2) is 42.9 Å². The first-order chi connectivity index (χ1) is 9.87. The van der Waals surface area contributed by atoms with Gasteiger partial charge in [-0.25, -0.2) is 8.42 Å². The van der Waals surface area contributed by atoms with E-state index in [1.54, 1.807) is 10.4 Å². The molecule has 1 aliphatic rings. The zero-order chi connectivity index (χ0) is 15.5. The average Bonchev–Trinajstić information content (AvgIpc) is 2.87. The van der Waals surface area contributed by atoms with Crippen molar-refractivity contribution in [2.24, 2.45) is 0 Å². The molecule has 1 fully saturated rings. The van der Waals surface area contributed by atoms with Crippen LogP contribution in [0, 0.1) is 0 Å². The Kier molecular flexibility index (Phi) is 5.76. The van der Waals surface area contributed by atoms with Gasteiger partial charge >= 0.3 is 0 Å². The minimum atomic E-state index is -3.37. The van der Waals surface area contributed by atoms with Gasteiger partial charge in [0.25, 0.3) is 0 Å². The predicted octanol–water partition coefficient (Wildman–Crippen LogP) is 2.76. The maximum Gasteiger partial charge on any atom is 0.244 e. The largest absolute Gasteiger partial charge is 0.312 e. The van der Waals surface area contributed by atoms with Gasteiger partial charge in [-0.05, 0) is 38.3 Å². The molecule has 21 heavy (non-hydrogen) atoms. The molecule has 2 heterocycles. The maximum absolute atomic E-state index is 12.9. The molecular formula is C14H24N2O2S3. The summed E-state index contributed by atoms with van der Waals surface area (Å²) in [5.74, 6) is 0.861. The van der Waals surface area contributed by atoms with E-state index < -0.39 is 10.0 Å². The molecule has 0 bridgehead atoms. The quantitative estimate of drug-likeness (QED) is 0.803. The third-order valence-electron chi connectivity index (χ3n) is 3.43. The molecule has 1 aromatic rings. The number of sulfonamides is 1. The lowest BCUT2D eigenvalue weighted by Gasteiger charge is -2.36. The topological polar surface area (TPSA) is 49.4 Å². The highest BCUT2D eigenvalue weighted by Crippen LogP contribution is 2.34. The molecule has 1 aliphatic heterocycles. The fourth-order valence-electron chi connectivity index (χ4n) is 2.38. The fourth-order valence-corrected chi connectivity index (χ4v) is 6.68. The van der Waals surface area contributed by atoms with E-state index in [1.165, 1.54) is 11.3 Å². The minimum Gasteiger partial charge on any atom is -0.312 e. The number of thiophene rings is 1. The normalized spacial score (nSPS) is 19.8. The van der Waals surface area contributed by atoms with Crippen LogP contribution >= 0.6 is 23.1 Å². The molecule has 4 nitrogen and oxygen atoms in total. The number of nitrogens with one attached hydrogen (secondary N) is 1. The van der Waals surface area contributed by atoms with E-state index in [2.05, 4.69) is 26.1 Å². The van der Waals surface area contributed by atoms with Crippen LogP contribution in [0.5, 0.6) is 0 Å². The van der Waals surface area contributed by atoms with Crippen LogP contribution in [0.1, 0.15) is 32.1 Å². The van der Waals surface area contributed by atoms with Crippen molar-refractivity contribution in [3.05, 3.63) is 16.3 Å². The maximum atomic E-state index is 12.9. The Morgan fingerprint density at radius 3 is 2.86 bits per heavy atom. The SMILES string of the molecule is CCCNCc1sccc1S(=O)(=O)N1CCSC(C)(C)C1. The number of hydrogen-bond donors (Lipinski definition) is 1. The van der Waals surface area contributed by atoms with Crippen molar-refractivity contribution in [2.75, 3.05) is 25.4 Å². The van der Waals surface area contributed by atoms with Crippen LogP contribution in [0.25, 0.3) is 0 Å². The summed E-state index contributed by atoms with van der Waals surface area (Å²) in [6.07, 6.45) is 1.05. The van der Waals surface area contributed by atoms with Gasteiger partial charge in [-0.1, -0.05) is 6.92 Å². The lowest BCUT2D eigenvalue weighted by Crippen LogP contribution is -2.46. The van der Waals surface area contributed by atoms with Gasteiger partial charge in [0.2, 0.25) is 10.0 Å². The second kappa shape index (κ2) is 7.00. The van der Waals surface area contributed by atoms with Crippen molar-refractivity contribution >= 4 is 33.1 Å². The number of thioether (sulfide) groups is 1. The van der Waals surface area contributed by atoms with Crippen molar-refractivity contribution in [2.45, 2.75) is 43.4 Å². The Labute approximate surface area is 136 Å². The molecule has 0 aromatic carbocycles. The molecule has 0 spiro atoms. The van der Waals surface area contributed by atoms with Crippen LogP contribution in [0.3, 0.4) is 0 Å². The van der Waals surface area contributed by atoms with Gasteiger partial charge < -0.3 is 5.32 Å². The van der Waals surface area contributed by atoms with Crippen molar-refractivity contribution in [1.29, 1.82) is 0 Å². The first-order valence-electron chi connectivity index (χ1n) is 7.28. The Bertz CT molecular complexity index is 567. The third-order valence-corrected chi connectivity index (χ3v) is 7.70. The molecule has 1 saturated heterocycles. The first-order valence-corrected chi connectivity index (χ1v) is 10.6. The third kappa shape index (κ3) is 4.22. The monoisotopic (exact) mass is 348 g/mol. The van der Waals surface area contributed by atoms with Crippen LogP contribution in [-0.2, 0) is 16.6 Å². The lowest BCUT2D eigenvalue weighted by atomic mass is 10.2. The van der Waals surface area contributed by atoms with E-state index in [0.717, 1.165) is 23.6 Å². The van der Waals surface area contributed by atoms with E-state index in [9.17, 15) is 8.42 Å². The van der Waals surface area contributed by atoms with Gasteiger partial charge in [0.05, 0.1) is 4.90 Å². The summed E-state index contributed by atoms with van der Waals surface area (Å²) >= 11 is 3.36. The van der Waals surface area contributed by atoms with Crippen molar-refractivity contribution in [3.63, 3.8) is 0 Å². The van der Waals surface area contributed by atoms with Crippen molar-refractivity contribution < 1.29 is 8.42 Å². The van der Waals surface area contributed by atoms with E-state index in [4.69, 9.17) is 0 Å². The molecule has 7 heteroatoms. The first kappa shape index (κ1) is 17.3. The summed E-state index contributed by atoms with van der Waals surface area (Å²) in [6.45, 7) is 9.04. The molecule has 0 aliphatic carbocycles. The standard InChI is InChI=1S/C14H24N2O2S3/c1-4-6-15-10-12-13(5-8-19-12)21(17,18)16-7-9-20-14(2,3)11-16/h5,8,15H,4,6-7,9-11H2,1-3H3. The number of hydrogen-bond acceptors (Lipinski definition) is 5. The Morgan fingerprint density at radius 1 is 1.43 bits per heavy atom. The van der Waals surface area contributed by atoms with Crippen molar-refractivity contribution in [3.8, 4) is 0 Å². The smallest absolute Gasteiger partial charge is 0.244 e. The van der Waals surface area contributed by atoms with E-state index in [0.29, 0.717) is 24.5 Å². The zero-order valence-electron chi connectivity index (χ0n) is 12.9. The minimum absolute atomic E-state index is 0.0119. The second-order valence-corrected chi connectivity index (χ2v) is 10.5. The second-order valence-electron chi connectivity index (χ2n) is 5.83. The number of rotatable bonds is 6. The summed E-state index contributed by atoms with van der Waals surface area (Å²) in [6, 6.07) is 1.75. The molecule has 0 radical (unpaired) electrons. The van der Waals surface area contributed by atoms with Crippen molar-refractivity contribution in [1.82, 2.24) is 9.62 Å². The Hall–Kier alpha value is -0.0800. The van der Waals surface area contributed by atoms with Crippen LogP contribution in [0.4, 0.5) is 0 Å². The average molecular weight is 349 g/mol. The highest BCUT2D eigenvalue weighted by Gasteiger charge is 2.35. The Morgan fingerprint density at radius 2 is 2.19 bits per heavy atom. The summed E-state index contributed by atoms with van der Waals surface area (Å²) in [4.78, 5) is 1.40. The zero-order valence-corrected chi connectivity index (χ0v) is 15.3. The van der Waals surface area contributed by atoms with E-state index in [1.807, 2.05) is 17.1 Å². The highest BCUT2D eigenvalue weighted by molar-refractivity contribution is 8.00. The van der Waals surface area contributed by atoms with Gasteiger partial charge in [0, 0.05) is 35.0 Å². The molecule has 0 saturated carbocycles. The van der Waals surface area contributed by atoms with Gasteiger partial charge in [-0.15, -0.1) is 11.3 Å². The van der Waals surface area contributed by atoms with Gasteiger partial charge in [-0.3, -0.25) is 0 Å². The predicted molar refractivity (Wildman–Crippen MR) is 91.6 cm³/mol. The van der Waals surface area contributed by atoms with Gasteiger partial charge in [0.1, 0.15) is 0 Å². The number of nitrogens with zero attached hydrogens (tertiary/aromatic N) is 1. The molecule has 0 atom stereocenters. The molecule has 1 aromatic heterocycles. The van der Waals surface area contributed by atoms with Crippen LogP contribution < -0.4 is 5.32 Å². The molecule has 120 valence electrons. The van der Waals surface area contributed by atoms with E-state index >= 15 is 0 Å². The molecule has 0 unspecified atom stereocenters. The van der Waals surface area contributed by atoms with Gasteiger partial charge in [-0.2, -0.15) is 16.1 Å². The van der Waals surface area contributed by atoms with Crippen LogP contribution in [0.15, 0.2) is 16.3 Å². The molecule has 0 amide bonds. The highest BCUT2D eigenvalue weighted by atomic mass is 32.2. The van der Waals surface area contributed by atoms with E-state index in [-0.39, 0.29) is 4.75 Å². The van der Waals surface area contributed by atoms with Crippen LogP contribution in [0.2, 0.25) is 0 Å². The summed E-state index contributed by atoms with van der Waals surface area (Å²) in [5.41, 5.74) is 0. The summed E-state index contributed by atoms with van der Waals surface area (Å²) < 4.78 is 27.4. The Balaban J connectivity index is 2.18.